The van der Waals surface area contributed by atoms with E-state index in [1.807, 2.05) is 18.3 Å². The van der Waals surface area contributed by atoms with Gasteiger partial charge in [-0.05, 0) is 119 Å². The molecule has 1 saturated heterocycles. The molecule has 6 heteroatoms. The third kappa shape index (κ3) is 4.58. The van der Waals surface area contributed by atoms with Crippen molar-refractivity contribution in [1.82, 2.24) is 14.9 Å². The van der Waals surface area contributed by atoms with Gasteiger partial charge >= 0.3 is 0 Å². The van der Waals surface area contributed by atoms with Crippen LogP contribution in [0, 0.1) is 20.8 Å². The van der Waals surface area contributed by atoms with Crippen molar-refractivity contribution in [3.8, 4) is 11.4 Å². The van der Waals surface area contributed by atoms with Crippen LogP contribution < -0.4 is 15.0 Å². The third-order valence-corrected chi connectivity index (χ3v) is 8.21. The largest absolute Gasteiger partial charge is 0.490 e. The molecule has 2 fully saturated rings. The minimum absolute atomic E-state index is 0.0515. The summed E-state index contributed by atoms with van der Waals surface area (Å²) in [6, 6.07) is 25.4. The molecule has 2 unspecified atom stereocenters. The van der Waals surface area contributed by atoms with Gasteiger partial charge in [0, 0.05) is 29.0 Å². The fraction of sp³-hybridized carbons (Fsp3) is 0.312. The topological polar surface area (TPSA) is 42.3 Å². The maximum atomic E-state index is 6.24. The van der Waals surface area contributed by atoms with Crippen LogP contribution in [0.3, 0.4) is 0 Å². The molecule has 194 valence electrons. The molecule has 38 heavy (non-hydrogen) atoms. The van der Waals surface area contributed by atoms with Crippen LogP contribution in [0.5, 0.6) is 5.75 Å². The molecule has 6 rings (SSSR count). The maximum absolute atomic E-state index is 6.24. The van der Waals surface area contributed by atoms with Crippen LogP contribution in [-0.2, 0) is 0 Å². The van der Waals surface area contributed by atoms with E-state index < -0.39 is 0 Å². The summed E-state index contributed by atoms with van der Waals surface area (Å²) in [5, 5.41) is 4.30. The summed E-state index contributed by atoms with van der Waals surface area (Å²) in [6.45, 7) is 6.50. The van der Waals surface area contributed by atoms with Crippen molar-refractivity contribution < 1.29 is 4.74 Å². The Morgan fingerprint density at radius 3 is 2.29 bits per heavy atom. The number of rotatable bonds is 6. The molecule has 1 aliphatic carbocycles. The number of benzene rings is 2. The molecule has 2 aliphatic rings. The number of nitrogens with zero attached hydrogens (tertiary/aromatic N) is 3. The van der Waals surface area contributed by atoms with Crippen LogP contribution in [0.4, 0.5) is 5.69 Å². The van der Waals surface area contributed by atoms with Gasteiger partial charge in [0.05, 0.1) is 23.9 Å². The smallest absolute Gasteiger partial charge is 0.174 e. The van der Waals surface area contributed by atoms with Crippen molar-refractivity contribution in [1.29, 1.82) is 0 Å². The lowest BCUT2D eigenvalue weighted by atomic mass is 9.96. The lowest BCUT2D eigenvalue weighted by Gasteiger charge is -2.28. The molecule has 5 nitrogen and oxygen atoms in total. The lowest BCUT2D eigenvalue weighted by molar-refractivity contribution is 0.210. The van der Waals surface area contributed by atoms with E-state index >= 15 is 0 Å². The average molecular weight is 523 g/mol. The van der Waals surface area contributed by atoms with Crippen molar-refractivity contribution in [2.75, 3.05) is 4.90 Å². The number of thiocarbonyl (C=S) groups is 1. The van der Waals surface area contributed by atoms with Gasteiger partial charge in [-0.3, -0.25) is 4.98 Å². The second-order valence-electron chi connectivity index (χ2n) is 10.5. The Bertz CT molecular complexity index is 1420. The number of aromatic nitrogens is 2. The van der Waals surface area contributed by atoms with Crippen molar-refractivity contribution in [2.24, 2.45) is 0 Å². The normalized spacial score (nSPS) is 19.7. The highest BCUT2D eigenvalue weighted by molar-refractivity contribution is 7.80. The maximum Gasteiger partial charge on any atom is 0.174 e. The zero-order valence-electron chi connectivity index (χ0n) is 22.2. The highest BCUT2D eigenvalue weighted by atomic mass is 32.1. The molecule has 0 bridgehead atoms. The first-order valence-electron chi connectivity index (χ1n) is 13.5. The number of ether oxygens (including phenoxy) is 1. The predicted octanol–water partition coefficient (Wildman–Crippen LogP) is 7.30. The molecule has 0 spiro atoms. The summed E-state index contributed by atoms with van der Waals surface area (Å²) >= 11 is 5.96. The summed E-state index contributed by atoms with van der Waals surface area (Å²) in [5.74, 6) is 0.925. The first-order chi connectivity index (χ1) is 18.5. The predicted molar refractivity (Wildman–Crippen MR) is 157 cm³/mol. The molecule has 1 N–H and O–H groups in total. The first-order valence-corrected chi connectivity index (χ1v) is 13.9. The van der Waals surface area contributed by atoms with Crippen molar-refractivity contribution in [2.45, 2.75) is 64.6 Å². The van der Waals surface area contributed by atoms with E-state index in [2.05, 4.69) is 96.2 Å². The van der Waals surface area contributed by atoms with Crippen LogP contribution in [0.25, 0.3) is 5.69 Å². The van der Waals surface area contributed by atoms with E-state index in [1.54, 1.807) is 0 Å². The van der Waals surface area contributed by atoms with Gasteiger partial charge in [-0.15, -0.1) is 0 Å². The Balaban J connectivity index is 1.41. The van der Waals surface area contributed by atoms with E-state index in [1.165, 1.54) is 41.0 Å². The Kier molecular flexibility index (Phi) is 6.66. The van der Waals surface area contributed by atoms with Crippen LogP contribution in [-0.4, -0.2) is 20.8 Å². The Hall–Kier alpha value is -3.64. The molecule has 2 aromatic heterocycles. The molecule has 4 aromatic rings. The van der Waals surface area contributed by atoms with Crippen LogP contribution in [0.2, 0.25) is 0 Å². The number of hydrogen-bond acceptors (Lipinski definition) is 3. The zero-order chi connectivity index (χ0) is 26.2. The Morgan fingerprint density at radius 2 is 1.61 bits per heavy atom. The number of pyridine rings is 1. The minimum Gasteiger partial charge on any atom is -0.490 e. The van der Waals surface area contributed by atoms with E-state index in [0.29, 0.717) is 11.2 Å². The van der Waals surface area contributed by atoms with Gasteiger partial charge in [-0.2, -0.15) is 0 Å². The van der Waals surface area contributed by atoms with Gasteiger partial charge in [-0.25, -0.2) is 0 Å². The lowest BCUT2D eigenvalue weighted by Crippen LogP contribution is -2.29. The third-order valence-electron chi connectivity index (χ3n) is 7.90. The summed E-state index contributed by atoms with van der Waals surface area (Å²) < 4.78 is 8.57. The monoisotopic (exact) mass is 522 g/mol. The van der Waals surface area contributed by atoms with Crippen molar-refractivity contribution >= 4 is 23.0 Å². The van der Waals surface area contributed by atoms with Gasteiger partial charge in [-0.1, -0.05) is 23.8 Å². The SMILES string of the molecule is Cc1ccc(-n2c(C)cc(C3C(c4ccccn4)NC(=S)N3c3ccc(OC4CCCC4)cc3)c2C)cc1. The fourth-order valence-electron chi connectivity index (χ4n) is 6.01. The molecule has 1 aliphatic heterocycles. The molecule has 2 aromatic carbocycles. The van der Waals surface area contributed by atoms with E-state index in [4.69, 9.17) is 21.9 Å². The van der Waals surface area contributed by atoms with E-state index in [0.717, 1.165) is 30.0 Å². The van der Waals surface area contributed by atoms with Crippen LogP contribution in [0.15, 0.2) is 79.0 Å². The second kappa shape index (κ2) is 10.3. The van der Waals surface area contributed by atoms with Crippen molar-refractivity contribution in [3.63, 3.8) is 0 Å². The standard InChI is InChI=1S/C32H34N4OS/c1-21-11-13-24(14-12-21)35-22(2)20-28(23(35)3)31-30(29-10-6-7-19-33-29)34-32(38)36(31)25-15-17-27(18-16-25)37-26-8-4-5-9-26/h6-7,10-20,26,30-31H,4-5,8-9H2,1-3H3,(H,34,38). The van der Waals surface area contributed by atoms with Crippen LogP contribution >= 0.6 is 12.2 Å². The quantitative estimate of drug-likeness (QED) is 0.269. The van der Waals surface area contributed by atoms with Crippen LogP contribution in [0.1, 0.15) is 66.0 Å². The van der Waals surface area contributed by atoms with Gasteiger partial charge < -0.3 is 19.5 Å². The van der Waals surface area contributed by atoms with Crippen molar-refractivity contribution in [3.05, 3.63) is 107 Å². The zero-order valence-corrected chi connectivity index (χ0v) is 23.0. The second-order valence-corrected chi connectivity index (χ2v) is 10.9. The summed E-state index contributed by atoms with van der Waals surface area (Å²) in [6.07, 6.45) is 6.99. The minimum atomic E-state index is -0.0786. The number of aryl methyl sites for hydroxylation is 2. The molecule has 2 atom stereocenters. The molecular weight excluding hydrogens is 488 g/mol. The van der Waals surface area contributed by atoms with E-state index in [-0.39, 0.29) is 12.1 Å². The summed E-state index contributed by atoms with van der Waals surface area (Å²) in [4.78, 5) is 6.97. The number of hydrogen-bond donors (Lipinski definition) is 1. The highest BCUT2D eigenvalue weighted by Crippen LogP contribution is 2.44. The summed E-state index contributed by atoms with van der Waals surface area (Å²) in [7, 11) is 0. The molecule has 0 amide bonds. The average Bonchev–Trinajstić information content (AvgIpc) is 3.64. The molecule has 3 heterocycles. The molecule has 1 saturated carbocycles. The van der Waals surface area contributed by atoms with Gasteiger partial charge in [0.25, 0.3) is 0 Å². The molecular formula is C32H34N4OS. The Morgan fingerprint density at radius 1 is 0.895 bits per heavy atom. The van der Waals surface area contributed by atoms with Gasteiger partial charge in [0.1, 0.15) is 5.75 Å². The van der Waals surface area contributed by atoms with E-state index in [9.17, 15) is 0 Å². The molecule has 0 radical (unpaired) electrons. The number of nitrogens with one attached hydrogen (secondary N) is 1. The van der Waals surface area contributed by atoms with Gasteiger partial charge in [0.2, 0.25) is 0 Å². The summed E-state index contributed by atoms with van der Waals surface area (Å²) in [5.41, 5.74) is 8.07. The highest BCUT2D eigenvalue weighted by Gasteiger charge is 2.42. The number of anilines is 1. The first kappa shape index (κ1) is 24.7. The van der Waals surface area contributed by atoms with Gasteiger partial charge in [0.15, 0.2) is 5.11 Å². The Labute approximate surface area is 230 Å². The fourth-order valence-corrected chi connectivity index (χ4v) is 6.36.